The van der Waals surface area contributed by atoms with Crippen LogP contribution in [-0.2, 0) is 0 Å². The SMILES string of the molecule is O=C(Nc1ccc2c(c1)OCCO2)c1cc(Nc2ccc(F)cc2)ccn1. The van der Waals surface area contributed by atoms with E-state index in [1.807, 2.05) is 0 Å². The lowest BCUT2D eigenvalue weighted by Crippen LogP contribution is -2.17. The molecule has 0 atom stereocenters. The molecule has 0 fully saturated rings. The second-order valence-corrected chi connectivity index (χ2v) is 5.87. The summed E-state index contributed by atoms with van der Waals surface area (Å²) in [5.74, 6) is 0.589. The highest BCUT2D eigenvalue weighted by molar-refractivity contribution is 6.03. The summed E-state index contributed by atoms with van der Waals surface area (Å²) in [5, 5.41) is 5.90. The molecule has 2 heterocycles. The Hall–Kier alpha value is -3.61. The van der Waals surface area contributed by atoms with Gasteiger partial charge in [-0.3, -0.25) is 9.78 Å². The minimum Gasteiger partial charge on any atom is -0.486 e. The van der Waals surface area contributed by atoms with Gasteiger partial charge in [0.15, 0.2) is 11.5 Å². The second-order valence-electron chi connectivity index (χ2n) is 5.87. The molecule has 0 spiro atoms. The van der Waals surface area contributed by atoms with Gasteiger partial charge in [-0.1, -0.05) is 0 Å². The highest BCUT2D eigenvalue weighted by atomic mass is 19.1. The molecule has 1 aromatic heterocycles. The van der Waals surface area contributed by atoms with Crippen molar-refractivity contribution < 1.29 is 18.7 Å². The van der Waals surface area contributed by atoms with Crippen molar-refractivity contribution in [2.75, 3.05) is 23.8 Å². The zero-order valence-corrected chi connectivity index (χ0v) is 14.2. The Morgan fingerprint density at radius 1 is 0.889 bits per heavy atom. The van der Waals surface area contributed by atoms with Gasteiger partial charge in [0.05, 0.1) is 0 Å². The lowest BCUT2D eigenvalue weighted by atomic mass is 10.2. The maximum Gasteiger partial charge on any atom is 0.274 e. The van der Waals surface area contributed by atoms with Crippen LogP contribution in [0.25, 0.3) is 0 Å². The van der Waals surface area contributed by atoms with E-state index in [0.29, 0.717) is 41.8 Å². The van der Waals surface area contributed by atoms with Crippen molar-refractivity contribution in [1.82, 2.24) is 4.98 Å². The van der Waals surface area contributed by atoms with Gasteiger partial charge < -0.3 is 20.1 Å². The van der Waals surface area contributed by atoms with Gasteiger partial charge >= 0.3 is 0 Å². The fourth-order valence-electron chi connectivity index (χ4n) is 2.65. The monoisotopic (exact) mass is 365 g/mol. The third-order valence-electron chi connectivity index (χ3n) is 3.93. The molecule has 7 heteroatoms. The number of anilines is 3. The lowest BCUT2D eigenvalue weighted by molar-refractivity contribution is 0.102. The topological polar surface area (TPSA) is 72.5 Å². The lowest BCUT2D eigenvalue weighted by Gasteiger charge is -2.19. The Kier molecular flexibility index (Phi) is 4.57. The molecule has 0 bridgehead atoms. The first kappa shape index (κ1) is 16.8. The Morgan fingerprint density at radius 2 is 1.63 bits per heavy atom. The predicted octanol–water partition coefficient (Wildman–Crippen LogP) is 3.99. The largest absolute Gasteiger partial charge is 0.486 e. The predicted molar refractivity (Wildman–Crippen MR) is 99.3 cm³/mol. The zero-order valence-electron chi connectivity index (χ0n) is 14.2. The molecule has 3 aromatic rings. The van der Waals surface area contributed by atoms with Crippen molar-refractivity contribution in [3.63, 3.8) is 0 Å². The molecule has 6 nitrogen and oxygen atoms in total. The maximum atomic E-state index is 13.0. The van der Waals surface area contributed by atoms with E-state index in [0.717, 1.165) is 0 Å². The standard InChI is InChI=1S/C20H16FN3O3/c21-13-1-3-14(4-2-13)23-16-7-8-22-17(11-16)20(25)24-15-5-6-18-19(12-15)27-10-9-26-18/h1-8,11-12H,9-10H2,(H,22,23)(H,24,25). The van der Waals surface area contributed by atoms with Gasteiger partial charge in [0.1, 0.15) is 24.7 Å². The number of fused-ring (bicyclic) bond motifs is 1. The van der Waals surface area contributed by atoms with E-state index in [-0.39, 0.29) is 17.4 Å². The number of hydrogen-bond donors (Lipinski definition) is 2. The summed E-state index contributed by atoms with van der Waals surface area (Å²) < 4.78 is 24.0. The Labute approximate surface area is 155 Å². The first-order valence-electron chi connectivity index (χ1n) is 8.37. The van der Waals surface area contributed by atoms with Gasteiger partial charge in [-0.25, -0.2) is 4.39 Å². The van der Waals surface area contributed by atoms with E-state index in [4.69, 9.17) is 9.47 Å². The minimum absolute atomic E-state index is 0.247. The summed E-state index contributed by atoms with van der Waals surface area (Å²) >= 11 is 0. The number of carbonyl (C=O) groups excluding carboxylic acids is 1. The van der Waals surface area contributed by atoms with Crippen molar-refractivity contribution in [3.8, 4) is 11.5 Å². The van der Waals surface area contributed by atoms with E-state index in [2.05, 4.69) is 15.6 Å². The molecule has 1 aliphatic heterocycles. The minimum atomic E-state index is -0.352. The van der Waals surface area contributed by atoms with Crippen LogP contribution in [0.3, 0.4) is 0 Å². The summed E-state index contributed by atoms with van der Waals surface area (Å²) in [6.45, 7) is 0.986. The van der Waals surface area contributed by atoms with E-state index in [1.165, 1.54) is 18.3 Å². The van der Waals surface area contributed by atoms with Crippen LogP contribution < -0.4 is 20.1 Å². The van der Waals surface area contributed by atoms with E-state index in [9.17, 15) is 9.18 Å². The third-order valence-corrected chi connectivity index (χ3v) is 3.93. The molecule has 0 saturated heterocycles. The van der Waals surface area contributed by atoms with Crippen LogP contribution in [0.15, 0.2) is 60.8 Å². The van der Waals surface area contributed by atoms with Gasteiger partial charge in [-0.05, 0) is 48.5 Å². The van der Waals surface area contributed by atoms with Crippen LogP contribution in [0.4, 0.5) is 21.5 Å². The van der Waals surface area contributed by atoms with Crippen molar-refractivity contribution >= 4 is 23.0 Å². The Balaban J connectivity index is 1.48. The summed E-state index contributed by atoms with van der Waals surface area (Å²) in [4.78, 5) is 16.6. The molecular formula is C20H16FN3O3. The highest BCUT2D eigenvalue weighted by Gasteiger charge is 2.14. The molecule has 27 heavy (non-hydrogen) atoms. The van der Waals surface area contributed by atoms with Crippen molar-refractivity contribution in [2.24, 2.45) is 0 Å². The van der Waals surface area contributed by atoms with E-state index >= 15 is 0 Å². The van der Waals surface area contributed by atoms with Crippen molar-refractivity contribution in [2.45, 2.75) is 0 Å². The molecule has 136 valence electrons. The fraction of sp³-hybridized carbons (Fsp3) is 0.100. The van der Waals surface area contributed by atoms with E-state index in [1.54, 1.807) is 42.5 Å². The van der Waals surface area contributed by atoms with Crippen LogP contribution >= 0.6 is 0 Å². The average Bonchev–Trinajstić information content (AvgIpc) is 2.70. The molecule has 0 aliphatic carbocycles. The number of aromatic nitrogens is 1. The third kappa shape index (κ3) is 3.98. The quantitative estimate of drug-likeness (QED) is 0.731. The number of benzene rings is 2. The first-order chi connectivity index (χ1) is 13.2. The molecule has 2 N–H and O–H groups in total. The Morgan fingerprint density at radius 3 is 2.44 bits per heavy atom. The number of carbonyl (C=O) groups is 1. The van der Waals surface area contributed by atoms with Crippen LogP contribution in [-0.4, -0.2) is 24.1 Å². The number of halogens is 1. The molecule has 0 radical (unpaired) electrons. The summed E-state index contributed by atoms with van der Waals surface area (Å²) in [6, 6.07) is 14.5. The van der Waals surface area contributed by atoms with Crippen molar-refractivity contribution in [1.29, 1.82) is 0 Å². The molecule has 1 amide bonds. The molecule has 1 aliphatic rings. The summed E-state index contributed by atoms with van der Waals surface area (Å²) in [7, 11) is 0. The fourth-order valence-corrected chi connectivity index (χ4v) is 2.65. The average molecular weight is 365 g/mol. The van der Waals surface area contributed by atoms with Crippen LogP contribution in [0.2, 0.25) is 0 Å². The summed E-state index contributed by atoms with van der Waals surface area (Å²) in [6.07, 6.45) is 1.53. The summed E-state index contributed by atoms with van der Waals surface area (Å²) in [5.41, 5.74) is 2.21. The normalized spacial score (nSPS) is 12.3. The molecule has 2 aromatic carbocycles. The zero-order chi connectivity index (χ0) is 18.6. The number of rotatable bonds is 4. The van der Waals surface area contributed by atoms with Gasteiger partial charge in [0.25, 0.3) is 5.91 Å². The number of hydrogen-bond acceptors (Lipinski definition) is 5. The van der Waals surface area contributed by atoms with Crippen molar-refractivity contribution in [3.05, 3.63) is 72.3 Å². The molecule has 0 saturated carbocycles. The van der Waals surface area contributed by atoms with Gasteiger partial charge in [-0.2, -0.15) is 0 Å². The highest BCUT2D eigenvalue weighted by Crippen LogP contribution is 2.32. The smallest absolute Gasteiger partial charge is 0.274 e. The molecular weight excluding hydrogens is 349 g/mol. The van der Waals surface area contributed by atoms with Crippen LogP contribution in [0.1, 0.15) is 10.5 Å². The van der Waals surface area contributed by atoms with Crippen LogP contribution in [0, 0.1) is 5.82 Å². The Bertz CT molecular complexity index is 976. The number of nitrogens with one attached hydrogen (secondary N) is 2. The van der Waals surface area contributed by atoms with E-state index < -0.39 is 0 Å². The molecule has 0 unspecified atom stereocenters. The number of ether oxygens (including phenoxy) is 2. The van der Waals surface area contributed by atoms with Gasteiger partial charge in [-0.15, -0.1) is 0 Å². The number of pyridine rings is 1. The number of nitrogens with zero attached hydrogens (tertiary/aromatic N) is 1. The van der Waals surface area contributed by atoms with Gasteiger partial charge in [0, 0.05) is 29.3 Å². The molecule has 4 rings (SSSR count). The maximum absolute atomic E-state index is 13.0. The second kappa shape index (κ2) is 7.33. The first-order valence-corrected chi connectivity index (χ1v) is 8.37. The number of amides is 1. The van der Waals surface area contributed by atoms with Crippen LogP contribution in [0.5, 0.6) is 11.5 Å². The van der Waals surface area contributed by atoms with Gasteiger partial charge in [0.2, 0.25) is 0 Å².